The molecule has 6 rings (SSSR count). The minimum absolute atomic E-state index is 0.0611. The van der Waals surface area contributed by atoms with E-state index in [4.69, 9.17) is 14.7 Å². The van der Waals surface area contributed by atoms with E-state index in [1.54, 1.807) is 18.3 Å². The molecule has 8 heteroatoms. The molecule has 1 N–H and O–H groups in total. The summed E-state index contributed by atoms with van der Waals surface area (Å²) in [6.07, 6.45) is 3.50. The third-order valence-corrected chi connectivity index (χ3v) is 6.97. The van der Waals surface area contributed by atoms with Crippen LogP contribution in [0.3, 0.4) is 0 Å². The molecule has 2 aromatic carbocycles. The molecule has 1 unspecified atom stereocenters. The number of anilines is 1. The van der Waals surface area contributed by atoms with Crippen LogP contribution in [0.2, 0.25) is 0 Å². The van der Waals surface area contributed by atoms with Crippen molar-refractivity contribution in [3.8, 4) is 28.4 Å². The van der Waals surface area contributed by atoms with E-state index >= 15 is 0 Å². The number of hydrogen-bond acceptors (Lipinski definition) is 6. The number of hydrogen-bond donors (Lipinski definition) is 1. The number of rotatable bonds is 8. The van der Waals surface area contributed by atoms with Gasteiger partial charge in [-0.2, -0.15) is 0 Å². The summed E-state index contributed by atoms with van der Waals surface area (Å²) in [6.45, 7) is 7.53. The van der Waals surface area contributed by atoms with Crippen molar-refractivity contribution in [2.45, 2.75) is 39.7 Å². The first-order valence-corrected chi connectivity index (χ1v) is 13.4. The molecule has 0 aliphatic carbocycles. The monoisotopic (exact) mass is 522 g/mol. The quantitative estimate of drug-likeness (QED) is 0.246. The Labute approximate surface area is 227 Å². The van der Waals surface area contributed by atoms with Gasteiger partial charge in [0.2, 0.25) is 5.95 Å². The highest BCUT2D eigenvalue weighted by atomic mass is 19.1. The number of nitrogens with one attached hydrogen (secondary N) is 1. The van der Waals surface area contributed by atoms with Crippen LogP contribution in [-0.2, 0) is 6.42 Å². The van der Waals surface area contributed by atoms with Gasteiger partial charge in [-0.05, 0) is 61.7 Å². The zero-order valence-corrected chi connectivity index (χ0v) is 22.4. The molecule has 0 spiro atoms. The van der Waals surface area contributed by atoms with Gasteiger partial charge >= 0.3 is 0 Å². The summed E-state index contributed by atoms with van der Waals surface area (Å²) in [5, 5.41) is 4.33. The summed E-state index contributed by atoms with van der Waals surface area (Å²) >= 11 is 0. The number of benzene rings is 2. The van der Waals surface area contributed by atoms with Crippen molar-refractivity contribution in [3.05, 3.63) is 84.2 Å². The molecule has 4 heterocycles. The lowest BCUT2D eigenvalue weighted by molar-refractivity contribution is 0.258. The lowest BCUT2D eigenvalue weighted by Crippen LogP contribution is -2.16. The van der Waals surface area contributed by atoms with Crippen molar-refractivity contribution in [1.82, 2.24) is 24.5 Å². The van der Waals surface area contributed by atoms with Gasteiger partial charge in [0, 0.05) is 41.9 Å². The normalized spacial score (nSPS) is 14.6. The van der Waals surface area contributed by atoms with Crippen LogP contribution in [0.5, 0.6) is 5.75 Å². The number of fused-ring (bicyclic) bond motifs is 2. The average molecular weight is 523 g/mol. The Balaban J connectivity index is 1.39. The van der Waals surface area contributed by atoms with E-state index in [1.807, 2.05) is 43.3 Å². The van der Waals surface area contributed by atoms with Gasteiger partial charge in [-0.1, -0.05) is 26.0 Å². The number of pyridine rings is 1. The van der Waals surface area contributed by atoms with E-state index in [0.29, 0.717) is 18.5 Å². The molecule has 0 amide bonds. The molecule has 0 bridgehead atoms. The number of halogens is 1. The standard InChI is InChI=1S/C31H31FN6O/c1-19(2)17-34-31-33-15-14-26(36-31)30-29(21-8-10-22(32)11-9-21)37-28-13-12-23(38(28)30)18-39-27-16-20(3)35-25-7-5-4-6-24(25)27/h4-11,14-16,19,23H,12-13,17-18H2,1-3H3,(H,33,34,36). The minimum Gasteiger partial charge on any atom is -0.491 e. The predicted molar refractivity (Wildman–Crippen MR) is 151 cm³/mol. The lowest BCUT2D eigenvalue weighted by Gasteiger charge is -2.19. The van der Waals surface area contributed by atoms with E-state index < -0.39 is 0 Å². The Hall–Kier alpha value is -4.33. The van der Waals surface area contributed by atoms with Crippen LogP contribution in [0, 0.1) is 18.7 Å². The smallest absolute Gasteiger partial charge is 0.223 e. The molecule has 1 aliphatic heterocycles. The minimum atomic E-state index is -0.277. The molecule has 0 saturated carbocycles. The molecular formula is C31H31FN6O. The van der Waals surface area contributed by atoms with Crippen molar-refractivity contribution >= 4 is 16.9 Å². The summed E-state index contributed by atoms with van der Waals surface area (Å²) in [5.74, 6) is 2.56. The van der Waals surface area contributed by atoms with Gasteiger partial charge in [0.05, 0.1) is 28.6 Å². The Morgan fingerprint density at radius 3 is 2.69 bits per heavy atom. The van der Waals surface area contributed by atoms with Gasteiger partial charge in [0.25, 0.3) is 0 Å². The molecule has 5 aromatic rings. The summed E-state index contributed by atoms with van der Waals surface area (Å²) in [6, 6.07) is 18.5. The maximum Gasteiger partial charge on any atom is 0.223 e. The predicted octanol–water partition coefficient (Wildman–Crippen LogP) is 6.64. The zero-order chi connectivity index (χ0) is 26.9. The van der Waals surface area contributed by atoms with Crippen molar-refractivity contribution in [2.24, 2.45) is 5.92 Å². The molecule has 0 saturated heterocycles. The van der Waals surface area contributed by atoms with E-state index in [-0.39, 0.29) is 11.9 Å². The third kappa shape index (κ3) is 5.06. The summed E-state index contributed by atoms with van der Waals surface area (Å²) in [4.78, 5) is 19.0. The molecule has 7 nitrogen and oxygen atoms in total. The lowest BCUT2D eigenvalue weighted by atomic mass is 10.1. The SMILES string of the molecule is Cc1cc(OCC2CCc3nc(-c4ccc(F)cc4)c(-c4ccnc(NCC(C)C)n4)n32)c2ccccc2n1. The van der Waals surface area contributed by atoms with Gasteiger partial charge in [-0.25, -0.2) is 19.3 Å². The van der Waals surface area contributed by atoms with E-state index in [1.165, 1.54) is 12.1 Å². The molecule has 198 valence electrons. The van der Waals surface area contributed by atoms with Crippen LogP contribution in [0.25, 0.3) is 33.5 Å². The Morgan fingerprint density at radius 2 is 1.87 bits per heavy atom. The number of imidazole rings is 1. The average Bonchev–Trinajstić information content (AvgIpc) is 3.50. The van der Waals surface area contributed by atoms with Gasteiger partial charge in [-0.15, -0.1) is 0 Å². The van der Waals surface area contributed by atoms with E-state index in [9.17, 15) is 4.39 Å². The highest BCUT2D eigenvalue weighted by molar-refractivity contribution is 5.85. The van der Waals surface area contributed by atoms with Crippen LogP contribution >= 0.6 is 0 Å². The second-order valence-corrected chi connectivity index (χ2v) is 10.4. The molecule has 0 fully saturated rings. The van der Waals surface area contributed by atoms with Gasteiger partial charge in [0.15, 0.2) is 0 Å². The van der Waals surface area contributed by atoms with Crippen LogP contribution in [0.1, 0.15) is 37.8 Å². The first-order chi connectivity index (χ1) is 19.0. The largest absolute Gasteiger partial charge is 0.491 e. The molecule has 3 aromatic heterocycles. The van der Waals surface area contributed by atoms with Crippen LogP contribution < -0.4 is 10.1 Å². The van der Waals surface area contributed by atoms with E-state index in [2.05, 4.69) is 33.7 Å². The molecule has 1 aliphatic rings. The molecule has 1 atom stereocenters. The Morgan fingerprint density at radius 1 is 1.05 bits per heavy atom. The highest BCUT2D eigenvalue weighted by Gasteiger charge is 2.31. The first kappa shape index (κ1) is 25.0. The maximum atomic E-state index is 13.8. The summed E-state index contributed by atoms with van der Waals surface area (Å²) in [5.41, 5.74) is 5.14. The fourth-order valence-corrected chi connectivity index (χ4v) is 5.13. The molecular weight excluding hydrogens is 491 g/mol. The van der Waals surface area contributed by atoms with Crippen LogP contribution in [0.4, 0.5) is 10.3 Å². The summed E-state index contributed by atoms with van der Waals surface area (Å²) in [7, 11) is 0. The fraction of sp³-hybridized carbons (Fsp3) is 0.290. The van der Waals surface area contributed by atoms with Crippen molar-refractivity contribution in [1.29, 1.82) is 0 Å². The number of nitrogens with zero attached hydrogens (tertiary/aromatic N) is 5. The summed E-state index contributed by atoms with van der Waals surface area (Å²) < 4.78 is 22.5. The second-order valence-electron chi connectivity index (χ2n) is 10.4. The van der Waals surface area contributed by atoms with Gasteiger partial charge in [-0.3, -0.25) is 4.98 Å². The van der Waals surface area contributed by atoms with Crippen LogP contribution in [-0.4, -0.2) is 37.7 Å². The number of aryl methyl sites for hydroxylation is 2. The molecule has 39 heavy (non-hydrogen) atoms. The maximum absolute atomic E-state index is 13.8. The first-order valence-electron chi connectivity index (χ1n) is 13.4. The molecule has 0 radical (unpaired) electrons. The third-order valence-electron chi connectivity index (χ3n) is 6.97. The van der Waals surface area contributed by atoms with Crippen molar-refractivity contribution < 1.29 is 9.13 Å². The van der Waals surface area contributed by atoms with Gasteiger partial charge < -0.3 is 14.6 Å². The number of ether oxygens (including phenoxy) is 1. The van der Waals surface area contributed by atoms with Crippen LogP contribution in [0.15, 0.2) is 66.9 Å². The van der Waals surface area contributed by atoms with Gasteiger partial charge in [0.1, 0.15) is 24.0 Å². The topological polar surface area (TPSA) is 77.8 Å². The number of para-hydroxylation sites is 1. The zero-order valence-electron chi connectivity index (χ0n) is 22.4. The number of aromatic nitrogens is 5. The van der Waals surface area contributed by atoms with E-state index in [0.717, 1.165) is 70.2 Å². The Bertz CT molecular complexity index is 1630. The fourth-order valence-electron chi connectivity index (χ4n) is 5.13. The van der Waals surface area contributed by atoms with Crippen molar-refractivity contribution in [2.75, 3.05) is 18.5 Å². The Kier molecular flexibility index (Phi) is 6.69. The van der Waals surface area contributed by atoms with Crippen molar-refractivity contribution in [3.63, 3.8) is 0 Å². The highest BCUT2D eigenvalue weighted by Crippen LogP contribution is 2.40. The second kappa shape index (κ2) is 10.4.